The molecule has 0 aliphatic rings. The third-order valence-corrected chi connectivity index (χ3v) is 2.93. The van der Waals surface area contributed by atoms with E-state index in [1.807, 2.05) is 0 Å². The van der Waals surface area contributed by atoms with Crippen LogP contribution >= 0.6 is 0 Å². The zero-order chi connectivity index (χ0) is 14.5. The summed E-state index contributed by atoms with van der Waals surface area (Å²) in [6, 6.07) is 5.20. The Kier molecular flexibility index (Phi) is 4.31. The van der Waals surface area contributed by atoms with E-state index in [2.05, 4.69) is 15.5 Å². The summed E-state index contributed by atoms with van der Waals surface area (Å²) in [6.07, 6.45) is 1.67. The third-order valence-electron chi connectivity index (χ3n) is 2.93. The van der Waals surface area contributed by atoms with Crippen LogP contribution in [0.15, 0.2) is 24.4 Å². The number of anilines is 1. The number of H-pyrrole nitrogens is 1. The van der Waals surface area contributed by atoms with Gasteiger partial charge in [0.15, 0.2) is 0 Å². The summed E-state index contributed by atoms with van der Waals surface area (Å²) in [5.74, 6) is -1.38. The molecule has 1 aromatic heterocycles. The van der Waals surface area contributed by atoms with Gasteiger partial charge in [-0.3, -0.25) is 14.7 Å². The lowest BCUT2D eigenvalue weighted by Gasteiger charge is -2.18. The number of rotatable bonds is 4. The summed E-state index contributed by atoms with van der Waals surface area (Å²) in [7, 11) is 0. The average molecular weight is 276 g/mol. The first-order chi connectivity index (χ1) is 9.65. The highest BCUT2D eigenvalue weighted by molar-refractivity contribution is 6.39. The molecule has 0 aliphatic carbocycles. The molecule has 106 valence electrons. The van der Waals surface area contributed by atoms with Gasteiger partial charge in [0.1, 0.15) is 0 Å². The van der Waals surface area contributed by atoms with Crippen LogP contribution in [0.2, 0.25) is 0 Å². The van der Waals surface area contributed by atoms with Crippen molar-refractivity contribution >= 4 is 28.4 Å². The molecule has 2 amide bonds. The van der Waals surface area contributed by atoms with E-state index in [1.165, 1.54) is 4.90 Å². The number of fused-ring (bicyclic) bond motifs is 1. The first kappa shape index (κ1) is 14.0. The first-order valence-corrected chi connectivity index (χ1v) is 6.30. The minimum absolute atomic E-state index is 0.141. The maximum Gasteiger partial charge on any atom is 0.313 e. The number of nitrogens with one attached hydrogen (secondary N) is 2. The van der Waals surface area contributed by atoms with Gasteiger partial charge < -0.3 is 15.3 Å². The molecule has 0 atom stereocenters. The maximum atomic E-state index is 11.9. The van der Waals surface area contributed by atoms with Crippen molar-refractivity contribution in [3.63, 3.8) is 0 Å². The van der Waals surface area contributed by atoms with E-state index in [1.54, 1.807) is 31.3 Å². The number of hydrogen-bond acceptors (Lipinski definition) is 4. The van der Waals surface area contributed by atoms with Crippen molar-refractivity contribution in [2.45, 2.75) is 6.92 Å². The number of likely N-dealkylation sites (N-methyl/N-ethyl adjacent to an activating group) is 1. The second-order valence-corrected chi connectivity index (χ2v) is 4.23. The molecule has 0 radical (unpaired) electrons. The zero-order valence-electron chi connectivity index (χ0n) is 11.1. The summed E-state index contributed by atoms with van der Waals surface area (Å²) in [5, 5.41) is 19.0. The van der Waals surface area contributed by atoms with Crippen LogP contribution in [-0.4, -0.2) is 51.7 Å². The van der Waals surface area contributed by atoms with Crippen LogP contribution < -0.4 is 5.32 Å². The molecule has 0 spiro atoms. The normalized spacial score (nSPS) is 10.5. The second-order valence-electron chi connectivity index (χ2n) is 4.23. The summed E-state index contributed by atoms with van der Waals surface area (Å²) >= 11 is 0. The predicted octanol–water partition coefficient (Wildman–Crippen LogP) is 0.342. The van der Waals surface area contributed by atoms with Gasteiger partial charge in [0.25, 0.3) is 0 Å². The minimum Gasteiger partial charge on any atom is -0.395 e. The molecule has 3 N–H and O–H groups in total. The van der Waals surface area contributed by atoms with Gasteiger partial charge in [0.05, 0.1) is 18.3 Å². The van der Waals surface area contributed by atoms with Gasteiger partial charge in [-0.05, 0) is 25.1 Å². The van der Waals surface area contributed by atoms with Gasteiger partial charge in [0, 0.05) is 24.2 Å². The molecule has 0 unspecified atom stereocenters. The summed E-state index contributed by atoms with van der Waals surface area (Å²) in [4.78, 5) is 25.0. The first-order valence-electron chi connectivity index (χ1n) is 6.30. The highest BCUT2D eigenvalue weighted by Gasteiger charge is 2.20. The number of carbonyl (C=O) groups is 2. The molecule has 7 heteroatoms. The number of benzene rings is 1. The molecular weight excluding hydrogens is 260 g/mol. The number of aliphatic hydroxyl groups excluding tert-OH is 1. The lowest BCUT2D eigenvalue weighted by molar-refractivity contribution is -0.143. The molecule has 2 rings (SSSR count). The highest BCUT2D eigenvalue weighted by Crippen LogP contribution is 2.16. The molecular formula is C13H16N4O3. The zero-order valence-corrected chi connectivity index (χ0v) is 11.1. The lowest BCUT2D eigenvalue weighted by atomic mass is 10.2. The SMILES string of the molecule is CCN(CCO)C(=O)C(=O)Nc1ccc2cn[nH]c2c1. The summed E-state index contributed by atoms with van der Waals surface area (Å²) < 4.78 is 0. The number of nitrogens with zero attached hydrogens (tertiary/aromatic N) is 2. The number of hydrogen-bond donors (Lipinski definition) is 3. The lowest BCUT2D eigenvalue weighted by Crippen LogP contribution is -2.41. The quantitative estimate of drug-likeness (QED) is 0.701. The third kappa shape index (κ3) is 2.94. The molecule has 0 saturated carbocycles. The summed E-state index contributed by atoms with van der Waals surface area (Å²) in [5.41, 5.74) is 1.29. The topological polar surface area (TPSA) is 98.3 Å². The Morgan fingerprint density at radius 3 is 2.95 bits per heavy atom. The van der Waals surface area contributed by atoms with E-state index in [-0.39, 0.29) is 13.2 Å². The fraction of sp³-hybridized carbons (Fsp3) is 0.308. The van der Waals surface area contributed by atoms with Gasteiger partial charge in [-0.1, -0.05) is 0 Å². The van der Waals surface area contributed by atoms with Crippen molar-refractivity contribution in [2.24, 2.45) is 0 Å². The van der Waals surface area contributed by atoms with Crippen molar-refractivity contribution in [1.29, 1.82) is 0 Å². The van der Waals surface area contributed by atoms with E-state index >= 15 is 0 Å². The van der Waals surface area contributed by atoms with Crippen LogP contribution in [0.25, 0.3) is 10.9 Å². The Balaban J connectivity index is 2.08. The molecule has 0 saturated heterocycles. The van der Waals surface area contributed by atoms with Crippen LogP contribution in [0.1, 0.15) is 6.92 Å². The number of carbonyl (C=O) groups excluding carboxylic acids is 2. The Morgan fingerprint density at radius 1 is 1.45 bits per heavy atom. The second kappa shape index (κ2) is 6.16. The molecule has 0 bridgehead atoms. The van der Waals surface area contributed by atoms with Crippen LogP contribution in [0, 0.1) is 0 Å². The fourth-order valence-corrected chi connectivity index (χ4v) is 1.87. The van der Waals surface area contributed by atoms with E-state index < -0.39 is 11.8 Å². The maximum absolute atomic E-state index is 11.9. The minimum atomic E-state index is -0.723. The highest BCUT2D eigenvalue weighted by atomic mass is 16.3. The monoisotopic (exact) mass is 276 g/mol. The molecule has 0 fully saturated rings. The van der Waals surface area contributed by atoms with E-state index in [0.717, 1.165) is 10.9 Å². The molecule has 20 heavy (non-hydrogen) atoms. The summed E-state index contributed by atoms with van der Waals surface area (Å²) in [6.45, 7) is 2.08. The van der Waals surface area contributed by atoms with Crippen LogP contribution in [0.3, 0.4) is 0 Å². The van der Waals surface area contributed by atoms with Gasteiger partial charge in [-0.15, -0.1) is 0 Å². The number of aromatic amines is 1. The molecule has 1 heterocycles. The van der Waals surface area contributed by atoms with Crippen LogP contribution in [0.5, 0.6) is 0 Å². The van der Waals surface area contributed by atoms with Crippen molar-refractivity contribution in [3.05, 3.63) is 24.4 Å². The van der Waals surface area contributed by atoms with Gasteiger partial charge >= 0.3 is 11.8 Å². The van der Waals surface area contributed by atoms with E-state index in [0.29, 0.717) is 12.2 Å². The largest absolute Gasteiger partial charge is 0.395 e. The fourth-order valence-electron chi connectivity index (χ4n) is 1.87. The van der Waals surface area contributed by atoms with Crippen molar-refractivity contribution in [1.82, 2.24) is 15.1 Å². The van der Waals surface area contributed by atoms with Crippen LogP contribution in [0.4, 0.5) is 5.69 Å². The Morgan fingerprint density at radius 2 is 2.25 bits per heavy atom. The van der Waals surface area contributed by atoms with Crippen molar-refractivity contribution in [3.8, 4) is 0 Å². The van der Waals surface area contributed by atoms with Gasteiger partial charge in [0.2, 0.25) is 0 Å². The molecule has 7 nitrogen and oxygen atoms in total. The molecule has 0 aliphatic heterocycles. The Labute approximate surface area is 115 Å². The smallest absolute Gasteiger partial charge is 0.313 e. The number of aliphatic hydroxyl groups is 1. The van der Waals surface area contributed by atoms with E-state index in [4.69, 9.17) is 5.11 Å². The number of amides is 2. The van der Waals surface area contributed by atoms with E-state index in [9.17, 15) is 9.59 Å². The average Bonchev–Trinajstić information content (AvgIpc) is 2.91. The molecule has 2 aromatic rings. The predicted molar refractivity (Wildman–Crippen MR) is 74.1 cm³/mol. The van der Waals surface area contributed by atoms with Gasteiger partial charge in [-0.25, -0.2) is 0 Å². The Bertz CT molecular complexity index is 623. The van der Waals surface area contributed by atoms with Crippen LogP contribution in [-0.2, 0) is 9.59 Å². The van der Waals surface area contributed by atoms with Gasteiger partial charge in [-0.2, -0.15) is 5.10 Å². The Hall–Kier alpha value is -2.41. The standard InChI is InChI=1S/C13H16N4O3/c1-2-17(5-6-18)13(20)12(19)15-10-4-3-9-8-14-16-11(9)7-10/h3-4,7-8,18H,2,5-6H2,1H3,(H,14,16)(H,15,19). The molecule has 1 aromatic carbocycles. The van der Waals surface area contributed by atoms with Crippen molar-refractivity contribution in [2.75, 3.05) is 25.0 Å². The van der Waals surface area contributed by atoms with Crippen molar-refractivity contribution < 1.29 is 14.7 Å². The number of aromatic nitrogens is 2.